The molecule has 0 spiro atoms. The van der Waals surface area contributed by atoms with Crippen molar-refractivity contribution in [3.63, 3.8) is 0 Å². The molecule has 7 heteroatoms. The van der Waals surface area contributed by atoms with Crippen LogP contribution in [0.1, 0.15) is 20.8 Å². The highest BCUT2D eigenvalue weighted by molar-refractivity contribution is 7.86. The van der Waals surface area contributed by atoms with E-state index in [4.69, 9.17) is 4.55 Å². The summed E-state index contributed by atoms with van der Waals surface area (Å²) in [5.41, 5.74) is -3.42. The quantitative estimate of drug-likeness (QED) is 0.569. The van der Waals surface area contributed by atoms with Crippen molar-refractivity contribution in [1.29, 1.82) is 0 Å². The lowest BCUT2D eigenvalue weighted by Crippen LogP contribution is -2.28. The van der Waals surface area contributed by atoms with Gasteiger partial charge < -0.3 is 4.74 Å². The Morgan fingerprint density at radius 2 is 1.93 bits per heavy atom. The molecule has 0 aromatic rings. The highest BCUT2D eigenvalue weighted by atomic mass is 32.2. The van der Waals surface area contributed by atoms with E-state index in [1.165, 1.54) is 20.8 Å². The van der Waals surface area contributed by atoms with Crippen molar-refractivity contribution >= 4 is 16.1 Å². The van der Waals surface area contributed by atoms with E-state index >= 15 is 0 Å². The van der Waals surface area contributed by atoms with E-state index in [0.29, 0.717) is 0 Å². The van der Waals surface area contributed by atoms with Crippen LogP contribution in [0, 0.1) is 5.41 Å². The summed E-state index contributed by atoms with van der Waals surface area (Å²) >= 11 is 0. The van der Waals surface area contributed by atoms with Crippen LogP contribution in [0.4, 0.5) is 4.39 Å². The summed E-state index contributed by atoms with van der Waals surface area (Å²) < 4.78 is 45.5. The lowest BCUT2D eigenvalue weighted by atomic mass is 9.97. The van der Waals surface area contributed by atoms with Gasteiger partial charge in [0.1, 0.15) is 6.61 Å². The lowest BCUT2D eigenvalue weighted by Gasteiger charge is -2.16. The van der Waals surface area contributed by atoms with Crippen molar-refractivity contribution in [3.8, 4) is 0 Å². The van der Waals surface area contributed by atoms with Crippen LogP contribution >= 0.6 is 0 Å². The van der Waals surface area contributed by atoms with Gasteiger partial charge in [0.05, 0.1) is 5.41 Å². The highest BCUT2D eigenvalue weighted by Gasteiger charge is 2.28. The molecule has 1 unspecified atom stereocenters. The van der Waals surface area contributed by atoms with Crippen LogP contribution in [-0.4, -0.2) is 31.1 Å². The van der Waals surface area contributed by atoms with Crippen molar-refractivity contribution < 1.29 is 26.9 Å². The molecule has 0 bridgehead atoms. The molecule has 84 valence electrons. The molecule has 0 saturated heterocycles. The molecular formula is C7H13FO5S. The number of esters is 1. The van der Waals surface area contributed by atoms with Crippen molar-refractivity contribution in [2.24, 2.45) is 5.41 Å². The molecule has 0 aliphatic heterocycles. The summed E-state index contributed by atoms with van der Waals surface area (Å²) in [6.45, 7) is 3.62. The smallest absolute Gasteiger partial charge is 0.311 e. The van der Waals surface area contributed by atoms with Crippen LogP contribution in [0.5, 0.6) is 0 Å². The van der Waals surface area contributed by atoms with Gasteiger partial charge in [0.15, 0.2) is 0 Å². The fraction of sp³-hybridized carbons (Fsp3) is 0.857. The zero-order valence-corrected chi connectivity index (χ0v) is 8.97. The number of hydrogen-bond acceptors (Lipinski definition) is 4. The number of alkyl halides is 1. The second-order valence-electron chi connectivity index (χ2n) is 3.77. The van der Waals surface area contributed by atoms with Gasteiger partial charge in [-0.2, -0.15) is 8.42 Å². The molecule has 0 radical (unpaired) electrons. The largest absolute Gasteiger partial charge is 0.461 e. The fourth-order valence-electron chi connectivity index (χ4n) is 0.444. The molecule has 0 aliphatic rings. The Morgan fingerprint density at radius 1 is 1.50 bits per heavy atom. The van der Waals surface area contributed by atoms with Gasteiger partial charge in [-0.25, -0.2) is 4.39 Å². The van der Waals surface area contributed by atoms with Crippen molar-refractivity contribution in [3.05, 3.63) is 0 Å². The van der Waals surface area contributed by atoms with Crippen LogP contribution in [0.3, 0.4) is 0 Å². The highest BCUT2D eigenvalue weighted by Crippen LogP contribution is 2.15. The Labute approximate surface area is 82.0 Å². The number of carbonyl (C=O) groups is 1. The number of halogens is 1. The van der Waals surface area contributed by atoms with Crippen LogP contribution in [0.15, 0.2) is 0 Å². The zero-order valence-electron chi connectivity index (χ0n) is 8.15. The average molecular weight is 228 g/mol. The van der Waals surface area contributed by atoms with Crippen molar-refractivity contribution in [2.75, 3.05) is 6.61 Å². The molecule has 0 rings (SSSR count). The lowest BCUT2D eigenvalue weighted by molar-refractivity contribution is -0.153. The monoisotopic (exact) mass is 228 g/mol. The van der Waals surface area contributed by atoms with Gasteiger partial charge >= 0.3 is 16.1 Å². The predicted octanol–water partition coefficient (Wildman–Crippen LogP) is 0.759. The SMILES string of the molecule is CC(C)(C)C(=O)OCC(F)S(=O)(=O)O. The molecule has 0 saturated carbocycles. The molecule has 1 N–H and O–H groups in total. The first-order valence-corrected chi connectivity index (χ1v) is 5.33. The van der Waals surface area contributed by atoms with E-state index in [-0.39, 0.29) is 0 Å². The summed E-state index contributed by atoms with van der Waals surface area (Å²) in [6, 6.07) is 0. The van der Waals surface area contributed by atoms with E-state index in [1.54, 1.807) is 0 Å². The first-order chi connectivity index (χ1) is 6.05. The predicted molar refractivity (Wildman–Crippen MR) is 46.9 cm³/mol. The second kappa shape index (κ2) is 4.22. The van der Waals surface area contributed by atoms with E-state index < -0.39 is 33.6 Å². The first-order valence-electron chi connectivity index (χ1n) is 3.82. The number of ether oxygens (including phenoxy) is 1. The summed E-state index contributed by atoms with van der Waals surface area (Å²) in [5.74, 6) is -0.733. The zero-order chi connectivity index (χ0) is 11.6. The summed E-state index contributed by atoms with van der Waals surface area (Å²) in [7, 11) is -4.79. The van der Waals surface area contributed by atoms with Crippen LogP contribution in [0.2, 0.25) is 0 Å². The number of rotatable bonds is 3. The molecule has 0 aromatic heterocycles. The molecule has 1 atom stereocenters. The Balaban J connectivity index is 4.16. The van der Waals surface area contributed by atoms with Crippen molar-refractivity contribution in [2.45, 2.75) is 26.3 Å². The maximum Gasteiger partial charge on any atom is 0.311 e. The van der Waals surface area contributed by atoms with Crippen LogP contribution < -0.4 is 0 Å². The maximum atomic E-state index is 12.5. The summed E-state index contributed by atoms with van der Waals surface area (Å²) in [6.07, 6.45) is 0. The molecule has 0 heterocycles. The molecule has 5 nitrogen and oxygen atoms in total. The minimum Gasteiger partial charge on any atom is -0.461 e. The van der Waals surface area contributed by atoms with Crippen LogP contribution in [0.25, 0.3) is 0 Å². The Kier molecular flexibility index (Phi) is 4.01. The average Bonchev–Trinajstić information content (AvgIpc) is 1.95. The Bertz CT molecular complexity index is 303. The molecule has 14 heavy (non-hydrogen) atoms. The Morgan fingerprint density at radius 3 is 2.21 bits per heavy atom. The second-order valence-corrected chi connectivity index (χ2v) is 5.31. The standard InChI is InChI=1S/C7H13FO5S/c1-7(2,3)6(9)13-4-5(8)14(10,11)12/h5H,4H2,1-3H3,(H,10,11,12). The first kappa shape index (κ1) is 13.3. The molecule has 0 aromatic carbocycles. The van der Waals surface area contributed by atoms with Gasteiger partial charge in [0.2, 0.25) is 0 Å². The normalized spacial score (nSPS) is 14.9. The maximum absolute atomic E-state index is 12.5. The minimum atomic E-state index is -4.79. The van der Waals surface area contributed by atoms with Crippen LogP contribution in [-0.2, 0) is 19.6 Å². The summed E-state index contributed by atoms with van der Waals surface area (Å²) in [4.78, 5) is 11.0. The minimum absolute atomic E-state index is 0.733. The molecule has 0 amide bonds. The van der Waals surface area contributed by atoms with E-state index in [2.05, 4.69) is 4.74 Å². The number of hydrogen-bond donors (Lipinski definition) is 1. The molecular weight excluding hydrogens is 215 g/mol. The Hall–Kier alpha value is -0.690. The third kappa shape index (κ3) is 4.52. The third-order valence-electron chi connectivity index (χ3n) is 1.28. The topological polar surface area (TPSA) is 80.7 Å². The van der Waals surface area contributed by atoms with E-state index in [1.807, 2.05) is 0 Å². The van der Waals surface area contributed by atoms with Gasteiger partial charge in [-0.1, -0.05) is 0 Å². The van der Waals surface area contributed by atoms with E-state index in [9.17, 15) is 17.6 Å². The van der Waals surface area contributed by atoms with Gasteiger partial charge in [0.25, 0.3) is 5.50 Å². The third-order valence-corrected chi connectivity index (χ3v) is 2.06. The van der Waals surface area contributed by atoms with E-state index in [0.717, 1.165) is 0 Å². The van der Waals surface area contributed by atoms with Gasteiger partial charge in [-0.15, -0.1) is 0 Å². The fourth-order valence-corrected chi connectivity index (χ4v) is 0.684. The summed E-state index contributed by atoms with van der Waals surface area (Å²) in [5, 5.41) is 0. The van der Waals surface area contributed by atoms with Gasteiger partial charge in [-0.3, -0.25) is 9.35 Å². The van der Waals surface area contributed by atoms with Gasteiger partial charge in [0, 0.05) is 0 Å². The molecule has 0 aliphatic carbocycles. The van der Waals surface area contributed by atoms with Crippen molar-refractivity contribution in [1.82, 2.24) is 0 Å². The molecule has 0 fully saturated rings. The number of carbonyl (C=O) groups excluding carboxylic acids is 1. The van der Waals surface area contributed by atoms with Gasteiger partial charge in [-0.05, 0) is 20.8 Å².